The summed E-state index contributed by atoms with van der Waals surface area (Å²) in [6.45, 7) is 14.1. The average Bonchev–Trinajstić information content (AvgIpc) is 2.50. The molecule has 0 bridgehead atoms. The van der Waals surface area contributed by atoms with Crippen molar-refractivity contribution in [1.82, 2.24) is 0 Å². The summed E-state index contributed by atoms with van der Waals surface area (Å²) in [5.41, 5.74) is 0. The molecule has 0 aromatic heterocycles. The van der Waals surface area contributed by atoms with Crippen molar-refractivity contribution in [3.63, 3.8) is 0 Å². The maximum atomic E-state index is 9.25. The fourth-order valence-electron chi connectivity index (χ4n) is 0. The zero-order valence-electron chi connectivity index (χ0n) is 11.8. The van der Waals surface area contributed by atoms with E-state index in [1.54, 1.807) is 0 Å². The van der Waals surface area contributed by atoms with Gasteiger partial charge < -0.3 is 25.5 Å². The van der Waals surface area contributed by atoms with Gasteiger partial charge in [0.2, 0.25) is 0 Å². The Morgan fingerprint density at radius 1 is 0.682 bits per heavy atom. The summed E-state index contributed by atoms with van der Waals surface area (Å²) >= 11 is 0. The molecular formula is C13H20O9. The normalized spacial score (nSPS) is 6.23. The van der Waals surface area contributed by atoms with Gasteiger partial charge >= 0.3 is 23.9 Å². The molecule has 5 N–H and O–H groups in total. The molecule has 0 aliphatic carbocycles. The van der Waals surface area contributed by atoms with Crippen LogP contribution in [0.15, 0.2) is 51.1 Å². The second-order valence-electron chi connectivity index (χ2n) is 2.18. The lowest BCUT2D eigenvalue weighted by atomic mass is 10.7. The van der Waals surface area contributed by atoms with E-state index in [1.165, 1.54) is 0 Å². The lowest BCUT2D eigenvalue weighted by Crippen LogP contribution is -1.98. The molecule has 0 radical (unpaired) electrons. The third kappa shape index (κ3) is 182. The van der Waals surface area contributed by atoms with Gasteiger partial charge in [0.15, 0.2) is 0 Å². The predicted octanol–water partition coefficient (Wildman–Crippen LogP) is 0.636. The molecule has 9 heteroatoms. The maximum absolute atomic E-state index is 9.25. The second kappa shape index (κ2) is 30.7. The minimum Gasteiger partial charge on any atom is -0.480 e. The molecule has 0 amide bonds. The van der Waals surface area contributed by atoms with Crippen LogP contribution in [0.25, 0.3) is 0 Å². The van der Waals surface area contributed by atoms with E-state index in [1.807, 2.05) is 0 Å². The minimum absolute atomic E-state index is 0.778. The van der Waals surface area contributed by atoms with Crippen molar-refractivity contribution in [2.75, 3.05) is 6.61 Å². The molecule has 9 nitrogen and oxygen atoms in total. The van der Waals surface area contributed by atoms with E-state index in [4.69, 9.17) is 30.3 Å². The molecule has 0 saturated carbocycles. The zero-order chi connectivity index (χ0) is 19.1. The van der Waals surface area contributed by atoms with Crippen molar-refractivity contribution in [2.24, 2.45) is 0 Å². The van der Waals surface area contributed by atoms with Crippen molar-refractivity contribution in [3.05, 3.63) is 51.1 Å². The maximum Gasteiger partial charge on any atom is 0.329 e. The highest BCUT2D eigenvalue weighted by Gasteiger charge is 1.82. The molecule has 0 aromatic rings. The topological polar surface area (TPSA) is 169 Å². The first kappa shape index (κ1) is 31.3. The fraction of sp³-hybridized carbons (Fsp3) is 0.0769. The highest BCUT2D eigenvalue weighted by molar-refractivity contribution is 5.79. The van der Waals surface area contributed by atoms with Crippen LogP contribution in [-0.4, -0.2) is 56.0 Å². The summed E-state index contributed by atoms with van der Waals surface area (Å²) in [5.74, 6) is -4.13. The Morgan fingerprint density at radius 3 is 0.773 bits per heavy atom. The van der Waals surface area contributed by atoms with Crippen LogP contribution in [0.5, 0.6) is 0 Å². The van der Waals surface area contributed by atoms with Crippen LogP contribution in [0.4, 0.5) is 0 Å². The van der Waals surface area contributed by atoms with Crippen LogP contribution in [0.3, 0.4) is 0 Å². The molecular weight excluding hydrogens is 300 g/mol. The number of carboxylic acid groups (broad SMARTS) is 4. The molecule has 0 heterocycles. The third-order valence-corrected chi connectivity index (χ3v) is 0.659. The number of aliphatic hydroxyl groups is 1. The first-order valence-corrected chi connectivity index (χ1v) is 4.97. The van der Waals surface area contributed by atoms with E-state index < -0.39 is 30.5 Å². The summed E-state index contributed by atoms with van der Waals surface area (Å²) in [4.78, 5) is 36.9. The first-order chi connectivity index (χ1) is 10.1. The fourth-order valence-corrected chi connectivity index (χ4v) is 0. The Morgan fingerprint density at radius 2 is 0.773 bits per heavy atom. The standard InChI is InChI=1S/3C3H4O2.C2H4O3.C2H4/c3*1-2-3(4)5;3-1-2(4)5;1-2/h3*2H,1H2,(H,4,5);3H,1H2,(H,4,5);1-2H2. The second-order valence-corrected chi connectivity index (χ2v) is 2.18. The number of hydrogen-bond acceptors (Lipinski definition) is 5. The average molecular weight is 320 g/mol. The third-order valence-electron chi connectivity index (χ3n) is 0.659. The monoisotopic (exact) mass is 320 g/mol. The summed E-state index contributed by atoms with van der Waals surface area (Å²) < 4.78 is 0. The summed E-state index contributed by atoms with van der Waals surface area (Å²) in [5, 5.41) is 37.8. The molecule has 0 unspecified atom stereocenters. The Balaban J connectivity index is -0.0000000562. The molecule has 0 spiro atoms. The van der Waals surface area contributed by atoms with Gasteiger partial charge in [0.25, 0.3) is 0 Å². The molecule has 0 aliphatic rings. The van der Waals surface area contributed by atoms with Gasteiger partial charge in [-0.3, -0.25) is 0 Å². The summed E-state index contributed by atoms with van der Waals surface area (Å²) in [6, 6.07) is 0. The predicted molar refractivity (Wildman–Crippen MR) is 79.5 cm³/mol. The van der Waals surface area contributed by atoms with Crippen LogP contribution < -0.4 is 0 Å². The Labute approximate surface area is 127 Å². The first-order valence-electron chi connectivity index (χ1n) is 4.97. The van der Waals surface area contributed by atoms with Gasteiger partial charge in [0.1, 0.15) is 6.61 Å². The van der Waals surface area contributed by atoms with E-state index in [2.05, 4.69) is 32.9 Å². The largest absolute Gasteiger partial charge is 0.480 e. The zero-order valence-corrected chi connectivity index (χ0v) is 11.8. The molecule has 22 heavy (non-hydrogen) atoms. The molecule has 0 atom stereocenters. The van der Waals surface area contributed by atoms with Crippen LogP contribution in [0.2, 0.25) is 0 Å². The van der Waals surface area contributed by atoms with E-state index >= 15 is 0 Å². The number of aliphatic carboxylic acids is 4. The van der Waals surface area contributed by atoms with E-state index in [0.717, 1.165) is 18.2 Å². The molecule has 0 aromatic carbocycles. The SMILES string of the molecule is C=C.C=CC(=O)O.C=CC(=O)O.C=CC(=O)O.O=C(O)CO. The van der Waals surface area contributed by atoms with Gasteiger partial charge in [-0.15, -0.1) is 13.2 Å². The summed E-state index contributed by atoms with van der Waals surface area (Å²) in [6.07, 6.45) is 2.50. The van der Waals surface area contributed by atoms with Gasteiger partial charge in [0, 0.05) is 18.2 Å². The van der Waals surface area contributed by atoms with Gasteiger partial charge in [-0.25, -0.2) is 19.2 Å². The van der Waals surface area contributed by atoms with Crippen molar-refractivity contribution < 1.29 is 44.7 Å². The Hall–Kier alpha value is -3.20. The quantitative estimate of drug-likeness (QED) is 0.368. The molecule has 0 saturated heterocycles. The number of hydrogen-bond donors (Lipinski definition) is 5. The molecule has 126 valence electrons. The highest BCUT2D eigenvalue weighted by atomic mass is 16.4. The van der Waals surface area contributed by atoms with Crippen LogP contribution in [0, 0.1) is 0 Å². The van der Waals surface area contributed by atoms with Gasteiger partial charge in [-0.05, 0) is 0 Å². The van der Waals surface area contributed by atoms with Crippen LogP contribution in [0.1, 0.15) is 0 Å². The van der Waals surface area contributed by atoms with Gasteiger partial charge in [0.05, 0.1) is 0 Å². The van der Waals surface area contributed by atoms with E-state index in [0.29, 0.717) is 0 Å². The van der Waals surface area contributed by atoms with Crippen molar-refractivity contribution in [1.29, 1.82) is 0 Å². The number of carbonyl (C=O) groups is 4. The number of aliphatic hydroxyl groups excluding tert-OH is 1. The van der Waals surface area contributed by atoms with E-state index in [-0.39, 0.29) is 0 Å². The number of carboxylic acids is 4. The minimum atomic E-state index is -1.19. The van der Waals surface area contributed by atoms with Crippen LogP contribution >= 0.6 is 0 Å². The van der Waals surface area contributed by atoms with Gasteiger partial charge in [-0.2, -0.15) is 0 Å². The van der Waals surface area contributed by atoms with Crippen molar-refractivity contribution in [2.45, 2.75) is 0 Å². The smallest absolute Gasteiger partial charge is 0.329 e. The lowest BCUT2D eigenvalue weighted by Gasteiger charge is -1.72. The lowest BCUT2D eigenvalue weighted by molar-refractivity contribution is -0.140. The van der Waals surface area contributed by atoms with Crippen molar-refractivity contribution in [3.8, 4) is 0 Å². The highest BCUT2D eigenvalue weighted by Crippen LogP contribution is 1.55. The van der Waals surface area contributed by atoms with Crippen LogP contribution in [-0.2, 0) is 19.2 Å². The Kier molecular flexibility index (Phi) is 43.6. The molecule has 0 aliphatic heterocycles. The van der Waals surface area contributed by atoms with Crippen molar-refractivity contribution >= 4 is 23.9 Å². The van der Waals surface area contributed by atoms with E-state index in [9.17, 15) is 14.4 Å². The Bertz CT molecular complexity index is 316. The molecule has 0 rings (SSSR count). The summed E-state index contributed by atoms with van der Waals surface area (Å²) in [7, 11) is 0. The number of rotatable bonds is 4. The molecule has 0 fully saturated rings. The van der Waals surface area contributed by atoms with Gasteiger partial charge in [-0.1, -0.05) is 19.7 Å².